The molecule has 0 fully saturated rings. The Morgan fingerprint density at radius 3 is 2.76 bits per heavy atom. The first-order valence-electron chi connectivity index (χ1n) is 7.86. The van der Waals surface area contributed by atoms with Crippen LogP contribution in [0, 0.1) is 0 Å². The second-order valence-corrected chi connectivity index (χ2v) is 5.46. The van der Waals surface area contributed by atoms with Crippen LogP contribution in [0.2, 0.25) is 0 Å². The van der Waals surface area contributed by atoms with Crippen molar-refractivity contribution in [2.45, 2.75) is 13.0 Å². The van der Waals surface area contributed by atoms with Crippen LogP contribution >= 0.6 is 0 Å². The summed E-state index contributed by atoms with van der Waals surface area (Å²) in [4.78, 5) is 19.9. The molecule has 3 aromatic rings. The number of pyridine rings is 1. The van der Waals surface area contributed by atoms with Gasteiger partial charge in [-0.25, -0.2) is 10.5 Å². The van der Waals surface area contributed by atoms with E-state index in [4.69, 9.17) is 10.2 Å². The molecule has 0 saturated carbocycles. The summed E-state index contributed by atoms with van der Waals surface area (Å²) < 4.78 is 2.06. The van der Waals surface area contributed by atoms with E-state index in [0.717, 1.165) is 28.0 Å². The zero-order valence-electron chi connectivity index (χ0n) is 13.5. The Morgan fingerprint density at radius 2 is 2.04 bits per heavy atom. The first-order chi connectivity index (χ1) is 12.2. The minimum absolute atomic E-state index is 0.104. The van der Waals surface area contributed by atoms with Crippen LogP contribution in [-0.2, 0) is 11.3 Å². The molecule has 3 rings (SSSR count). The first-order valence-corrected chi connectivity index (χ1v) is 7.86. The van der Waals surface area contributed by atoms with E-state index < -0.39 is 5.91 Å². The van der Waals surface area contributed by atoms with Crippen molar-refractivity contribution in [3.63, 3.8) is 0 Å². The van der Waals surface area contributed by atoms with Crippen molar-refractivity contribution in [3.8, 4) is 11.4 Å². The van der Waals surface area contributed by atoms with Gasteiger partial charge >= 0.3 is 0 Å². The minimum atomic E-state index is -0.592. The molecule has 0 saturated heterocycles. The Labute approximate surface area is 144 Å². The number of aromatic nitrogens is 3. The molecule has 0 unspecified atom stereocenters. The van der Waals surface area contributed by atoms with Crippen LogP contribution < -0.4 is 5.48 Å². The lowest BCUT2D eigenvalue weighted by atomic mass is 10.2. The number of carbonyl (C=O) groups excluding carboxylic acids is 1. The summed E-state index contributed by atoms with van der Waals surface area (Å²) in [5.74, 6) is 0.214. The van der Waals surface area contributed by atoms with E-state index in [9.17, 15) is 9.90 Å². The molecule has 0 aliphatic carbocycles. The molecule has 2 aromatic heterocycles. The fraction of sp³-hybridized carbons (Fsp3) is 0.167. The molecule has 25 heavy (non-hydrogen) atoms. The number of aryl methyl sites for hydroxylation is 1. The summed E-state index contributed by atoms with van der Waals surface area (Å²) in [7, 11) is 0. The number of rotatable bonds is 6. The zero-order chi connectivity index (χ0) is 17.6. The number of nitrogens with one attached hydrogen (secondary N) is 1. The number of amides is 1. The maximum atomic E-state index is 11.1. The van der Waals surface area contributed by atoms with Gasteiger partial charge in [0.1, 0.15) is 5.82 Å². The number of hydrogen-bond acceptors (Lipinski definition) is 5. The highest BCUT2D eigenvalue weighted by Gasteiger charge is 2.12. The van der Waals surface area contributed by atoms with Gasteiger partial charge in [-0.3, -0.25) is 15.0 Å². The summed E-state index contributed by atoms with van der Waals surface area (Å²) in [5.41, 5.74) is 5.03. The van der Waals surface area contributed by atoms with Crippen LogP contribution in [0.1, 0.15) is 12.0 Å². The summed E-state index contributed by atoms with van der Waals surface area (Å²) in [6.45, 7) is 0.749. The van der Waals surface area contributed by atoms with Crippen LogP contribution in [0.15, 0.2) is 48.8 Å². The van der Waals surface area contributed by atoms with E-state index in [-0.39, 0.29) is 6.61 Å². The van der Waals surface area contributed by atoms with Gasteiger partial charge in [0.25, 0.3) is 5.91 Å². The van der Waals surface area contributed by atoms with E-state index in [1.807, 2.05) is 30.3 Å². The van der Waals surface area contributed by atoms with E-state index in [0.29, 0.717) is 13.0 Å². The highest BCUT2D eigenvalue weighted by atomic mass is 16.5. The summed E-state index contributed by atoms with van der Waals surface area (Å²) >= 11 is 0. The molecular weight excluding hydrogens is 320 g/mol. The third-order valence-electron chi connectivity index (χ3n) is 3.79. The van der Waals surface area contributed by atoms with Crippen molar-refractivity contribution in [2.24, 2.45) is 0 Å². The molecule has 0 bridgehead atoms. The fourth-order valence-electron chi connectivity index (χ4n) is 2.64. The molecular formula is C18H18N4O3. The number of hydroxylamine groups is 1. The molecule has 2 heterocycles. The number of hydrogen-bond donors (Lipinski definition) is 3. The normalized spacial score (nSPS) is 11.3. The topological polar surface area (TPSA) is 100 Å². The molecule has 0 radical (unpaired) electrons. The van der Waals surface area contributed by atoms with Crippen molar-refractivity contribution >= 4 is 23.0 Å². The van der Waals surface area contributed by atoms with Crippen LogP contribution in [0.3, 0.4) is 0 Å². The van der Waals surface area contributed by atoms with Gasteiger partial charge < -0.3 is 9.67 Å². The van der Waals surface area contributed by atoms with E-state index in [1.54, 1.807) is 23.9 Å². The van der Waals surface area contributed by atoms with Crippen molar-refractivity contribution in [1.82, 2.24) is 20.0 Å². The first kappa shape index (κ1) is 16.8. The predicted molar refractivity (Wildman–Crippen MR) is 93.6 cm³/mol. The Kier molecular flexibility index (Phi) is 5.17. The monoisotopic (exact) mass is 338 g/mol. The van der Waals surface area contributed by atoms with Gasteiger partial charge in [-0.2, -0.15) is 0 Å². The minimum Gasteiger partial charge on any atom is -0.396 e. The fourth-order valence-corrected chi connectivity index (χ4v) is 2.64. The Morgan fingerprint density at radius 1 is 1.24 bits per heavy atom. The molecule has 0 spiro atoms. The number of nitrogens with zero attached hydrogens (tertiary/aromatic N) is 3. The molecule has 7 nitrogen and oxygen atoms in total. The van der Waals surface area contributed by atoms with Gasteiger partial charge in [0, 0.05) is 37.2 Å². The van der Waals surface area contributed by atoms with E-state index in [2.05, 4.69) is 9.55 Å². The molecule has 0 aliphatic heterocycles. The van der Waals surface area contributed by atoms with Crippen LogP contribution in [0.25, 0.3) is 28.5 Å². The lowest BCUT2D eigenvalue weighted by molar-refractivity contribution is -0.124. The summed E-state index contributed by atoms with van der Waals surface area (Å²) in [6.07, 6.45) is 6.90. The molecule has 0 aliphatic rings. The van der Waals surface area contributed by atoms with Crippen molar-refractivity contribution in [1.29, 1.82) is 0 Å². The molecule has 0 atom stereocenters. The van der Waals surface area contributed by atoms with Crippen LogP contribution in [-0.4, -0.2) is 37.4 Å². The number of aliphatic hydroxyl groups is 1. The van der Waals surface area contributed by atoms with Gasteiger partial charge in [-0.05, 0) is 42.3 Å². The second-order valence-electron chi connectivity index (χ2n) is 5.46. The largest absolute Gasteiger partial charge is 0.396 e. The second kappa shape index (κ2) is 7.69. The Bertz CT molecular complexity index is 903. The van der Waals surface area contributed by atoms with Crippen molar-refractivity contribution in [2.75, 3.05) is 6.61 Å². The van der Waals surface area contributed by atoms with Gasteiger partial charge in [-0.1, -0.05) is 6.07 Å². The maximum absolute atomic E-state index is 11.1. The third-order valence-corrected chi connectivity index (χ3v) is 3.79. The highest BCUT2D eigenvalue weighted by Crippen LogP contribution is 2.26. The molecule has 1 aromatic carbocycles. The maximum Gasteiger partial charge on any atom is 0.267 e. The van der Waals surface area contributed by atoms with Crippen LogP contribution in [0.5, 0.6) is 0 Å². The standard InChI is InChI=1S/C18H18N4O3/c23-11-1-10-22-16-4-2-13(3-5-17(24)21-25)12-15(16)20-18(22)14-6-8-19-9-7-14/h2-9,12,23,25H,1,10-11H2,(H,21,24)/b5-3+. The number of imidazole rings is 1. The zero-order valence-corrected chi connectivity index (χ0v) is 13.5. The van der Waals surface area contributed by atoms with E-state index >= 15 is 0 Å². The summed E-state index contributed by atoms with van der Waals surface area (Å²) in [6, 6.07) is 9.46. The SMILES string of the molecule is O=C(/C=C/c1ccc2c(c1)nc(-c1ccncc1)n2CCCO)NO. The Hall–Kier alpha value is -3.03. The van der Waals surface area contributed by atoms with Crippen LogP contribution in [0.4, 0.5) is 0 Å². The molecule has 7 heteroatoms. The molecule has 3 N–H and O–H groups in total. The molecule has 128 valence electrons. The number of aliphatic hydroxyl groups excluding tert-OH is 1. The number of fused-ring (bicyclic) bond motifs is 1. The van der Waals surface area contributed by atoms with Gasteiger partial charge in [0.05, 0.1) is 11.0 Å². The highest BCUT2D eigenvalue weighted by molar-refractivity contribution is 5.91. The lowest BCUT2D eigenvalue weighted by Gasteiger charge is -2.08. The van der Waals surface area contributed by atoms with Crippen molar-refractivity contribution in [3.05, 3.63) is 54.4 Å². The average Bonchev–Trinajstić information content (AvgIpc) is 3.02. The third kappa shape index (κ3) is 3.73. The Balaban J connectivity index is 2.06. The van der Waals surface area contributed by atoms with E-state index in [1.165, 1.54) is 6.08 Å². The number of benzene rings is 1. The quantitative estimate of drug-likeness (QED) is 0.363. The predicted octanol–water partition coefficient (Wildman–Crippen LogP) is 2.00. The number of carbonyl (C=O) groups is 1. The smallest absolute Gasteiger partial charge is 0.267 e. The summed E-state index contributed by atoms with van der Waals surface area (Å²) in [5, 5.41) is 17.7. The lowest BCUT2D eigenvalue weighted by Crippen LogP contribution is -2.14. The average molecular weight is 338 g/mol. The van der Waals surface area contributed by atoms with Crippen molar-refractivity contribution < 1.29 is 15.1 Å². The van der Waals surface area contributed by atoms with Gasteiger partial charge in [0.15, 0.2) is 0 Å². The molecule has 1 amide bonds. The van der Waals surface area contributed by atoms with Gasteiger partial charge in [0.2, 0.25) is 0 Å². The van der Waals surface area contributed by atoms with Gasteiger partial charge in [-0.15, -0.1) is 0 Å².